The molecule has 0 radical (unpaired) electrons. The Morgan fingerprint density at radius 1 is 1.48 bits per heavy atom. The Morgan fingerprint density at radius 2 is 2.24 bits per heavy atom. The van der Waals surface area contributed by atoms with Crippen LogP contribution in [0.3, 0.4) is 0 Å². The fourth-order valence-electron chi connectivity index (χ4n) is 2.54. The van der Waals surface area contributed by atoms with Crippen molar-refractivity contribution in [2.45, 2.75) is 25.8 Å². The SMILES string of the molecule is COCCNC(=O)[C@@H]1CC[C@H](C)N(c2nccnc2Cl)C1. The molecule has 1 aromatic heterocycles. The molecule has 0 unspecified atom stereocenters. The molecule has 1 aliphatic heterocycles. The Hall–Kier alpha value is -1.40. The second-order valence-electron chi connectivity index (χ2n) is 5.23. The minimum absolute atomic E-state index is 0.0591. The summed E-state index contributed by atoms with van der Waals surface area (Å²) in [4.78, 5) is 22.6. The molecule has 1 fully saturated rings. The fraction of sp³-hybridized carbons (Fsp3) is 0.643. The number of carbonyl (C=O) groups is 1. The summed E-state index contributed by atoms with van der Waals surface area (Å²) in [5, 5.41) is 3.27. The van der Waals surface area contributed by atoms with E-state index in [2.05, 4.69) is 27.1 Å². The van der Waals surface area contributed by atoms with Crippen LogP contribution in [-0.4, -0.2) is 48.7 Å². The number of methoxy groups -OCH3 is 1. The Bertz CT molecular complexity index is 486. The van der Waals surface area contributed by atoms with Crippen molar-refractivity contribution in [3.05, 3.63) is 17.5 Å². The number of hydrogen-bond donors (Lipinski definition) is 1. The van der Waals surface area contributed by atoms with E-state index >= 15 is 0 Å². The third kappa shape index (κ3) is 4.04. The molecule has 1 N–H and O–H groups in total. The van der Waals surface area contributed by atoms with Crippen LogP contribution in [0.25, 0.3) is 0 Å². The van der Waals surface area contributed by atoms with Gasteiger partial charge in [-0.15, -0.1) is 0 Å². The van der Waals surface area contributed by atoms with Gasteiger partial charge in [0.15, 0.2) is 11.0 Å². The molecule has 0 aliphatic carbocycles. The van der Waals surface area contributed by atoms with Crippen LogP contribution >= 0.6 is 11.6 Å². The smallest absolute Gasteiger partial charge is 0.224 e. The zero-order chi connectivity index (χ0) is 15.2. The van der Waals surface area contributed by atoms with Crippen molar-refractivity contribution in [2.75, 3.05) is 31.7 Å². The molecule has 0 spiro atoms. The van der Waals surface area contributed by atoms with Crippen molar-refractivity contribution in [1.82, 2.24) is 15.3 Å². The number of hydrogen-bond acceptors (Lipinski definition) is 5. The average molecular weight is 313 g/mol. The quantitative estimate of drug-likeness (QED) is 0.835. The first-order valence-electron chi connectivity index (χ1n) is 7.13. The van der Waals surface area contributed by atoms with Gasteiger partial charge in [0.05, 0.1) is 12.5 Å². The predicted molar refractivity (Wildman–Crippen MR) is 81.5 cm³/mol. The normalized spacial score (nSPS) is 22.1. The number of halogens is 1. The summed E-state index contributed by atoms with van der Waals surface area (Å²) in [6.45, 7) is 3.78. The standard InChI is InChI=1S/C14H21ClN4O2/c1-10-3-4-11(14(20)18-7-8-21-2)9-19(10)13-12(15)16-5-6-17-13/h5-6,10-11H,3-4,7-9H2,1-2H3,(H,18,20)/t10-,11+/m0/s1. The number of ether oxygens (including phenoxy) is 1. The summed E-state index contributed by atoms with van der Waals surface area (Å²) in [6.07, 6.45) is 4.98. The zero-order valence-corrected chi connectivity index (χ0v) is 13.1. The van der Waals surface area contributed by atoms with Gasteiger partial charge in [-0.25, -0.2) is 9.97 Å². The number of nitrogens with zero attached hydrogens (tertiary/aromatic N) is 3. The second-order valence-corrected chi connectivity index (χ2v) is 5.59. The van der Waals surface area contributed by atoms with E-state index in [4.69, 9.17) is 16.3 Å². The van der Waals surface area contributed by atoms with Gasteiger partial charge in [0.25, 0.3) is 0 Å². The molecule has 1 amide bonds. The topological polar surface area (TPSA) is 67.3 Å². The predicted octanol–water partition coefficient (Wildman–Crippen LogP) is 1.50. The average Bonchev–Trinajstić information content (AvgIpc) is 2.49. The highest BCUT2D eigenvalue weighted by atomic mass is 35.5. The van der Waals surface area contributed by atoms with Gasteiger partial charge in [0.1, 0.15) is 0 Å². The summed E-state index contributed by atoms with van der Waals surface area (Å²) in [7, 11) is 1.62. The molecule has 2 heterocycles. The lowest BCUT2D eigenvalue weighted by atomic mass is 9.92. The van der Waals surface area contributed by atoms with Gasteiger partial charge in [-0.2, -0.15) is 0 Å². The molecular formula is C14H21ClN4O2. The minimum Gasteiger partial charge on any atom is -0.383 e. The number of amides is 1. The van der Waals surface area contributed by atoms with Gasteiger partial charge in [0, 0.05) is 38.6 Å². The molecule has 7 heteroatoms. The van der Waals surface area contributed by atoms with Gasteiger partial charge in [-0.1, -0.05) is 11.6 Å². The highest BCUT2D eigenvalue weighted by Gasteiger charge is 2.31. The molecule has 0 bridgehead atoms. The first-order chi connectivity index (χ1) is 10.1. The van der Waals surface area contributed by atoms with Crippen molar-refractivity contribution in [1.29, 1.82) is 0 Å². The molecule has 1 aliphatic rings. The van der Waals surface area contributed by atoms with Crippen LogP contribution < -0.4 is 10.2 Å². The van der Waals surface area contributed by atoms with E-state index in [1.54, 1.807) is 19.5 Å². The van der Waals surface area contributed by atoms with Crippen LogP contribution in [0.4, 0.5) is 5.82 Å². The molecule has 1 aromatic rings. The minimum atomic E-state index is -0.0591. The Kier molecular flexibility index (Phi) is 5.76. The lowest BCUT2D eigenvalue weighted by Crippen LogP contribution is -2.48. The largest absolute Gasteiger partial charge is 0.383 e. The summed E-state index contributed by atoms with van der Waals surface area (Å²) >= 11 is 6.12. The van der Waals surface area contributed by atoms with Crippen LogP contribution in [-0.2, 0) is 9.53 Å². The molecule has 2 rings (SSSR count). The first kappa shape index (κ1) is 16.0. The van der Waals surface area contributed by atoms with Gasteiger partial charge in [-0.3, -0.25) is 4.79 Å². The van der Waals surface area contributed by atoms with E-state index < -0.39 is 0 Å². The van der Waals surface area contributed by atoms with E-state index in [-0.39, 0.29) is 11.8 Å². The zero-order valence-electron chi connectivity index (χ0n) is 12.4. The van der Waals surface area contributed by atoms with Crippen molar-refractivity contribution in [3.8, 4) is 0 Å². The maximum atomic E-state index is 12.2. The van der Waals surface area contributed by atoms with E-state index in [9.17, 15) is 4.79 Å². The summed E-state index contributed by atoms with van der Waals surface area (Å²) in [6, 6.07) is 0.294. The second kappa shape index (κ2) is 7.56. The lowest BCUT2D eigenvalue weighted by molar-refractivity contribution is -0.125. The lowest BCUT2D eigenvalue weighted by Gasteiger charge is -2.38. The number of rotatable bonds is 5. The first-order valence-corrected chi connectivity index (χ1v) is 7.51. The third-order valence-electron chi connectivity index (χ3n) is 3.77. The fourth-order valence-corrected chi connectivity index (χ4v) is 2.76. The van der Waals surface area contributed by atoms with Gasteiger partial charge >= 0.3 is 0 Å². The van der Waals surface area contributed by atoms with E-state index in [1.807, 2.05) is 0 Å². The van der Waals surface area contributed by atoms with Crippen molar-refractivity contribution in [2.24, 2.45) is 5.92 Å². The number of anilines is 1. The monoisotopic (exact) mass is 312 g/mol. The van der Waals surface area contributed by atoms with Crippen LogP contribution in [0.15, 0.2) is 12.4 Å². The molecule has 0 aromatic carbocycles. The molecule has 6 nitrogen and oxygen atoms in total. The van der Waals surface area contributed by atoms with Crippen molar-refractivity contribution >= 4 is 23.3 Å². The molecule has 2 atom stereocenters. The van der Waals surface area contributed by atoms with E-state index in [0.717, 1.165) is 12.8 Å². The van der Waals surface area contributed by atoms with Crippen LogP contribution in [0, 0.1) is 5.92 Å². The molecule has 1 saturated heterocycles. The van der Waals surface area contributed by atoms with Crippen LogP contribution in [0.5, 0.6) is 0 Å². The molecule has 21 heavy (non-hydrogen) atoms. The Labute approximate surface area is 129 Å². The Balaban J connectivity index is 2.02. The maximum Gasteiger partial charge on any atom is 0.224 e. The Morgan fingerprint density at radius 3 is 2.95 bits per heavy atom. The van der Waals surface area contributed by atoms with E-state index in [1.165, 1.54) is 0 Å². The van der Waals surface area contributed by atoms with Gasteiger partial charge in [0.2, 0.25) is 5.91 Å². The van der Waals surface area contributed by atoms with Gasteiger partial charge in [-0.05, 0) is 19.8 Å². The van der Waals surface area contributed by atoms with E-state index in [0.29, 0.717) is 36.7 Å². The van der Waals surface area contributed by atoms with Crippen LogP contribution in [0.1, 0.15) is 19.8 Å². The number of aromatic nitrogens is 2. The van der Waals surface area contributed by atoms with Crippen LogP contribution in [0.2, 0.25) is 5.15 Å². The summed E-state index contributed by atoms with van der Waals surface area (Å²) < 4.78 is 4.94. The number of nitrogens with one attached hydrogen (secondary N) is 1. The summed E-state index contributed by atoms with van der Waals surface area (Å²) in [5.74, 6) is 0.654. The third-order valence-corrected chi connectivity index (χ3v) is 4.03. The highest BCUT2D eigenvalue weighted by Crippen LogP contribution is 2.29. The molecule has 0 saturated carbocycles. The molecular weight excluding hydrogens is 292 g/mol. The van der Waals surface area contributed by atoms with Crippen molar-refractivity contribution in [3.63, 3.8) is 0 Å². The van der Waals surface area contributed by atoms with Gasteiger partial charge < -0.3 is 15.0 Å². The van der Waals surface area contributed by atoms with Crippen molar-refractivity contribution < 1.29 is 9.53 Å². The maximum absolute atomic E-state index is 12.2. The number of piperidine rings is 1. The number of carbonyl (C=O) groups excluding carboxylic acids is 1. The summed E-state index contributed by atoms with van der Waals surface area (Å²) in [5.41, 5.74) is 0. The molecule has 116 valence electrons. The highest BCUT2D eigenvalue weighted by molar-refractivity contribution is 6.31.